The molecule has 0 amide bonds. The number of hydrogen-bond donors (Lipinski definition) is 3. The molecule has 2 heterocycles. The maximum atomic E-state index is 12.8. The number of ether oxygens (including phenoxy) is 3. The Morgan fingerprint density at radius 1 is 0.641 bits per heavy atom. The van der Waals surface area contributed by atoms with Gasteiger partial charge in [0.2, 0.25) is 0 Å². The van der Waals surface area contributed by atoms with Gasteiger partial charge in [0.05, 0.1) is 18.9 Å². The van der Waals surface area contributed by atoms with Crippen LogP contribution in [0, 0.1) is 0 Å². The van der Waals surface area contributed by atoms with Crippen LogP contribution >= 0.6 is 0 Å². The molecule has 2 aliphatic heterocycles. The third-order valence-electron chi connectivity index (χ3n) is 7.97. The number of rotatable bonds is 20. The molecule has 39 heavy (non-hydrogen) atoms. The predicted octanol–water partition coefficient (Wildman–Crippen LogP) is 5.35. The minimum absolute atomic E-state index is 0.0364. The van der Waals surface area contributed by atoms with E-state index in [0.29, 0.717) is 12.8 Å². The van der Waals surface area contributed by atoms with Gasteiger partial charge in [-0.3, -0.25) is 9.59 Å². The van der Waals surface area contributed by atoms with Gasteiger partial charge in [0.1, 0.15) is 0 Å². The van der Waals surface area contributed by atoms with E-state index in [4.69, 9.17) is 14.2 Å². The average Bonchev–Trinajstić information content (AvgIpc) is 2.94. The van der Waals surface area contributed by atoms with Crippen molar-refractivity contribution in [2.24, 2.45) is 0 Å². The van der Waals surface area contributed by atoms with Crippen molar-refractivity contribution < 1.29 is 43.9 Å². The molecule has 2 fully saturated rings. The molecule has 2 aliphatic rings. The second-order valence-electron chi connectivity index (χ2n) is 11.6. The maximum absolute atomic E-state index is 12.8. The molecule has 9 heteroatoms. The summed E-state index contributed by atoms with van der Waals surface area (Å²) < 4.78 is 16.4. The lowest BCUT2D eigenvalue weighted by Gasteiger charge is -2.44. The van der Waals surface area contributed by atoms with Crippen LogP contribution in [0.15, 0.2) is 0 Å². The molecule has 2 rings (SSSR count). The van der Waals surface area contributed by atoms with E-state index in [1.54, 1.807) is 0 Å². The molecule has 0 aromatic rings. The second-order valence-corrected chi connectivity index (χ2v) is 11.6. The number of aliphatic hydroxyl groups excluding tert-OH is 1. The third kappa shape index (κ3) is 10.3. The van der Waals surface area contributed by atoms with E-state index < -0.39 is 47.9 Å². The highest BCUT2D eigenvalue weighted by Gasteiger charge is 2.66. The van der Waals surface area contributed by atoms with Crippen molar-refractivity contribution >= 4 is 17.9 Å². The first-order valence-electron chi connectivity index (χ1n) is 15.4. The molecule has 2 saturated heterocycles. The molecule has 0 radical (unpaired) electrons. The highest BCUT2D eigenvalue weighted by atomic mass is 16.8. The summed E-state index contributed by atoms with van der Waals surface area (Å²) in [5, 5.41) is 32.4. The SMILES string of the molecule is CCCCCCCC(O)CCCCCCCCC1(O)OC(=O)CC2(O)CC(=O)OC1(CCCCCC)OC2=O. The fourth-order valence-electron chi connectivity index (χ4n) is 5.53. The molecule has 3 N–H and O–H groups in total. The summed E-state index contributed by atoms with van der Waals surface area (Å²) in [6.45, 7) is 4.23. The van der Waals surface area contributed by atoms with E-state index in [2.05, 4.69) is 6.92 Å². The molecule has 4 unspecified atom stereocenters. The summed E-state index contributed by atoms with van der Waals surface area (Å²) in [4.78, 5) is 38.0. The molecule has 0 saturated carbocycles. The predicted molar refractivity (Wildman–Crippen MR) is 145 cm³/mol. The largest absolute Gasteiger partial charge is 0.424 e. The van der Waals surface area contributed by atoms with Crippen LogP contribution in [0.4, 0.5) is 0 Å². The molecule has 0 aromatic carbocycles. The summed E-state index contributed by atoms with van der Waals surface area (Å²) in [7, 11) is 0. The van der Waals surface area contributed by atoms with E-state index in [1.807, 2.05) is 6.92 Å². The van der Waals surface area contributed by atoms with Crippen molar-refractivity contribution in [2.75, 3.05) is 0 Å². The molecule has 9 nitrogen and oxygen atoms in total. The van der Waals surface area contributed by atoms with Crippen molar-refractivity contribution in [1.82, 2.24) is 0 Å². The van der Waals surface area contributed by atoms with Crippen molar-refractivity contribution in [1.29, 1.82) is 0 Å². The summed E-state index contributed by atoms with van der Waals surface area (Å²) in [6.07, 6.45) is 13.9. The van der Waals surface area contributed by atoms with Gasteiger partial charge in [0.25, 0.3) is 5.79 Å². The van der Waals surface area contributed by atoms with Crippen LogP contribution in [0.25, 0.3) is 0 Å². The van der Waals surface area contributed by atoms with Crippen LogP contribution in [0.5, 0.6) is 0 Å². The summed E-state index contributed by atoms with van der Waals surface area (Å²) in [6, 6.07) is 0. The molecule has 0 aromatic heterocycles. The summed E-state index contributed by atoms with van der Waals surface area (Å²) >= 11 is 0. The lowest BCUT2D eigenvalue weighted by atomic mass is 9.91. The van der Waals surface area contributed by atoms with Gasteiger partial charge in [-0.2, -0.15) is 0 Å². The van der Waals surface area contributed by atoms with Crippen molar-refractivity contribution in [3.05, 3.63) is 0 Å². The number of aliphatic hydroxyl groups is 3. The van der Waals surface area contributed by atoms with Crippen LogP contribution in [0.2, 0.25) is 0 Å². The van der Waals surface area contributed by atoms with Gasteiger partial charge in [0.15, 0.2) is 5.60 Å². The number of fused-ring (bicyclic) bond motifs is 3. The number of unbranched alkanes of at least 4 members (excludes halogenated alkanes) is 12. The second kappa shape index (κ2) is 16.5. The maximum Gasteiger partial charge on any atom is 0.342 e. The number of hydrogen-bond acceptors (Lipinski definition) is 9. The lowest BCUT2D eigenvalue weighted by molar-refractivity contribution is -0.369. The number of esters is 3. The fraction of sp³-hybridized carbons (Fsp3) is 0.900. The van der Waals surface area contributed by atoms with Gasteiger partial charge in [-0.1, -0.05) is 97.3 Å². The Hall–Kier alpha value is -1.71. The number of carbonyl (C=O) groups is 3. The summed E-state index contributed by atoms with van der Waals surface area (Å²) in [5.74, 6) is -7.57. The quantitative estimate of drug-likeness (QED) is 0.134. The molecule has 0 spiro atoms. The first-order chi connectivity index (χ1) is 18.6. The average molecular weight is 557 g/mol. The van der Waals surface area contributed by atoms with Gasteiger partial charge in [-0.25, -0.2) is 4.79 Å². The third-order valence-corrected chi connectivity index (χ3v) is 7.97. The Morgan fingerprint density at radius 3 is 1.69 bits per heavy atom. The Kier molecular flexibility index (Phi) is 14.2. The Balaban J connectivity index is 1.87. The minimum Gasteiger partial charge on any atom is -0.424 e. The zero-order valence-electron chi connectivity index (χ0n) is 24.2. The van der Waals surface area contributed by atoms with E-state index in [0.717, 1.165) is 70.6 Å². The fourth-order valence-corrected chi connectivity index (χ4v) is 5.53. The monoisotopic (exact) mass is 556 g/mol. The van der Waals surface area contributed by atoms with Crippen LogP contribution in [0.1, 0.15) is 149 Å². The number of carbonyl (C=O) groups excluding carboxylic acids is 3. The first-order valence-corrected chi connectivity index (χ1v) is 15.4. The molecule has 4 atom stereocenters. The van der Waals surface area contributed by atoms with Crippen LogP contribution in [0.3, 0.4) is 0 Å². The van der Waals surface area contributed by atoms with Gasteiger partial charge in [-0.05, 0) is 25.7 Å². The highest BCUT2D eigenvalue weighted by molar-refractivity contribution is 5.92. The highest BCUT2D eigenvalue weighted by Crippen LogP contribution is 2.44. The zero-order valence-corrected chi connectivity index (χ0v) is 24.2. The van der Waals surface area contributed by atoms with Gasteiger partial charge in [0, 0.05) is 12.8 Å². The zero-order chi connectivity index (χ0) is 28.8. The van der Waals surface area contributed by atoms with E-state index in [9.17, 15) is 29.7 Å². The smallest absolute Gasteiger partial charge is 0.342 e. The van der Waals surface area contributed by atoms with Gasteiger partial charge >= 0.3 is 23.7 Å². The molecular weight excluding hydrogens is 504 g/mol. The standard InChI is InChI=1S/C30H52O9/c1-3-5-7-11-14-18-24(31)19-15-12-9-10-13-16-20-29(36)30(21-17-8-6-4-2)38-26(33)23-28(35,27(34)39-30)22-25(32)37-29/h24,31,35-36H,3-23H2,1-2H3. The van der Waals surface area contributed by atoms with Gasteiger partial charge < -0.3 is 29.5 Å². The Labute approximate surface area is 234 Å². The topological polar surface area (TPSA) is 140 Å². The Morgan fingerprint density at radius 2 is 1.10 bits per heavy atom. The van der Waals surface area contributed by atoms with Crippen molar-refractivity contribution in [3.63, 3.8) is 0 Å². The Bertz CT molecular complexity index is 772. The number of cyclic esters (lactones) is 1. The lowest BCUT2D eigenvalue weighted by Crippen LogP contribution is -2.63. The van der Waals surface area contributed by atoms with Crippen molar-refractivity contribution in [2.45, 2.75) is 172 Å². The first kappa shape index (κ1) is 33.5. The van der Waals surface area contributed by atoms with E-state index >= 15 is 0 Å². The van der Waals surface area contributed by atoms with Crippen LogP contribution in [-0.4, -0.2) is 56.5 Å². The van der Waals surface area contributed by atoms with E-state index in [1.165, 1.54) is 25.7 Å². The van der Waals surface area contributed by atoms with Gasteiger partial charge in [-0.15, -0.1) is 0 Å². The minimum atomic E-state index is -2.37. The molecule has 226 valence electrons. The molecular formula is C30H52O9. The summed E-state index contributed by atoms with van der Waals surface area (Å²) in [5.41, 5.74) is -2.37. The van der Waals surface area contributed by atoms with E-state index in [-0.39, 0.29) is 18.9 Å². The van der Waals surface area contributed by atoms with Crippen LogP contribution < -0.4 is 0 Å². The van der Waals surface area contributed by atoms with Crippen molar-refractivity contribution in [3.8, 4) is 0 Å². The molecule has 2 bridgehead atoms. The normalized spacial score (nSPS) is 27.8. The molecule has 0 aliphatic carbocycles. The van der Waals surface area contributed by atoms with Crippen LogP contribution in [-0.2, 0) is 28.6 Å².